The van der Waals surface area contributed by atoms with Crippen LogP contribution in [0.3, 0.4) is 0 Å². The van der Waals surface area contributed by atoms with Gasteiger partial charge in [0.2, 0.25) is 0 Å². The maximum absolute atomic E-state index is 11.8. The summed E-state index contributed by atoms with van der Waals surface area (Å²) in [5.41, 5.74) is -2.47. The third kappa shape index (κ3) is 1.66. The van der Waals surface area contributed by atoms with E-state index in [-0.39, 0.29) is 24.7 Å². The molecule has 0 aromatic heterocycles. The Morgan fingerprint density at radius 1 is 0.889 bits per heavy atom. The Balaban J connectivity index is 3.58. The summed E-state index contributed by atoms with van der Waals surface area (Å²) in [5.74, 6) is -2.48. The lowest BCUT2D eigenvalue weighted by molar-refractivity contribution is -0.186. The van der Waals surface area contributed by atoms with Crippen molar-refractivity contribution < 1.29 is 19.8 Å². The van der Waals surface area contributed by atoms with E-state index in [1.54, 1.807) is 39.8 Å². The molecule has 0 bridgehead atoms. The molecule has 0 aromatic rings. The molecule has 2 atom stereocenters. The highest BCUT2D eigenvalue weighted by atomic mass is 16.4. The fraction of sp³-hybridized carbons (Fsp3) is 0.714. The average Bonchev–Trinajstić information content (AvgIpc) is 2.27. The molecular formula is C14H22O4. The number of allylic oxidation sites excluding steroid dienone is 2. The Bertz CT molecular complexity index is 347. The van der Waals surface area contributed by atoms with Crippen molar-refractivity contribution >= 4 is 11.9 Å². The predicted octanol–water partition coefficient (Wildman–Crippen LogP) is 2.79. The van der Waals surface area contributed by atoms with Gasteiger partial charge in [0.1, 0.15) is 0 Å². The first-order valence-electron chi connectivity index (χ1n) is 6.35. The third-order valence-electron chi connectivity index (χ3n) is 4.58. The molecule has 0 unspecified atom stereocenters. The number of hydrogen-bond acceptors (Lipinski definition) is 2. The van der Waals surface area contributed by atoms with Gasteiger partial charge in [-0.2, -0.15) is 0 Å². The number of carbonyl (C=O) groups is 2. The molecule has 1 aliphatic rings. The van der Waals surface area contributed by atoms with Gasteiger partial charge in [-0.25, -0.2) is 0 Å². The first-order valence-corrected chi connectivity index (χ1v) is 6.35. The molecule has 0 spiro atoms. The Morgan fingerprint density at radius 2 is 1.17 bits per heavy atom. The second kappa shape index (κ2) is 4.75. The summed E-state index contributed by atoms with van der Waals surface area (Å²) in [7, 11) is 0. The Hall–Kier alpha value is -1.32. The lowest BCUT2D eigenvalue weighted by Crippen LogP contribution is -2.58. The van der Waals surface area contributed by atoms with Crippen molar-refractivity contribution in [2.24, 2.45) is 22.7 Å². The molecule has 0 saturated heterocycles. The minimum Gasteiger partial charge on any atom is -0.481 e. The van der Waals surface area contributed by atoms with E-state index in [9.17, 15) is 19.8 Å². The van der Waals surface area contributed by atoms with Crippen molar-refractivity contribution in [3.05, 3.63) is 12.2 Å². The zero-order valence-electron chi connectivity index (χ0n) is 11.4. The van der Waals surface area contributed by atoms with Crippen LogP contribution in [0.5, 0.6) is 0 Å². The predicted molar refractivity (Wildman–Crippen MR) is 68.2 cm³/mol. The van der Waals surface area contributed by atoms with Gasteiger partial charge in [0.15, 0.2) is 0 Å². The molecule has 0 saturated carbocycles. The van der Waals surface area contributed by atoms with Gasteiger partial charge in [-0.3, -0.25) is 9.59 Å². The molecule has 4 heteroatoms. The maximum Gasteiger partial charge on any atom is 0.311 e. The highest BCUT2D eigenvalue weighted by Crippen LogP contribution is 2.57. The molecule has 102 valence electrons. The minimum atomic E-state index is -1.23. The van der Waals surface area contributed by atoms with Gasteiger partial charge in [-0.15, -0.1) is 0 Å². The molecule has 0 fully saturated rings. The molecule has 4 nitrogen and oxygen atoms in total. The van der Waals surface area contributed by atoms with Gasteiger partial charge in [0, 0.05) is 0 Å². The van der Waals surface area contributed by atoms with Crippen molar-refractivity contribution in [3.63, 3.8) is 0 Å². The molecule has 1 rings (SSSR count). The third-order valence-corrected chi connectivity index (χ3v) is 4.58. The van der Waals surface area contributed by atoms with Crippen LogP contribution in [0.2, 0.25) is 0 Å². The molecule has 18 heavy (non-hydrogen) atoms. The highest BCUT2D eigenvalue weighted by molar-refractivity contribution is 5.88. The van der Waals surface area contributed by atoms with Gasteiger partial charge in [-0.05, 0) is 24.7 Å². The second-order valence-corrected chi connectivity index (χ2v) is 5.74. The molecule has 0 amide bonds. The molecule has 0 aliphatic heterocycles. The fourth-order valence-corrected chi connectivity index (χ4v) is 3.45. The zero-order chi connectivity index (χ0) is 14.1. The Kier molecular flexibility index (Phi) is 3.89. The lowest BCUT2D eigenvalue weighted by Gasteiger charge is -2.51. The van der Waals surface area contributed by atoms with Crippen molar-refractivity contribution in [1.82, 2.24) is 0 Å². The van der Waals surface area contributed by atoms with E-state index in [2.05, 4.69) is 0 Å². The van der Waals surface area contributed by atoms with Crippen molar-refractivity contribution in [1.29, 1.82) is 0 Å². The van der Waals surface area contributed by atoms with E-state index in [0.717, 1.165) is 0 Å². The number of carboxylic acids is 2. The summed E-state index contributed by atoms with van der Waals surface area (Å²) in [6.07, 6.45) is 4.17. The van der Waals surface area contributed by atoms with Crippen LogP contribution in [0.25, 0.3) is 0 Å². The smallest absolute Gasteiger partial charge is 0.311 e. The largest absolute Gasteiger partial charge is 0.481 e. The zero-order valence-corrected chi connectivity index (χ0v) is 11.4. The Labute approximate surface area is 108 Å². The van der Waals surface area contributed by atoms with Gasteiger partial charge >= 0.3 is 11.9 Å². The van der Waals surface area contributed by atoms with Gasteiger partial charge in [0.25, 0.3) is 0 Å². The monoisotopic (exact) mass is 254 g/mol. The van der Waals surface area contributed by atoms with E-state index in [4.69, 9.17) is 0 Å². The second-order valence-electron chi connectivity index (χ2n) is 5.74. The number of rotatable bonds is 4. The van der Waals surface area contributed by atoms with Crippen LogP contribution >= 0.6 is 0 Å². The van der Waals surface area contributed by atoms with Crippen LogP contribution in [0.1, 0.15) is 40.5 Å². The molecule has 1 aliphatic carbocycles. The van der Waals surface area contributed by atoms with E-state index < -0.39 is 22.8 Å². The number of aliphatic carboxylic acids is 2. The molecular weight excluding hydrogens is 232 g/mol. The highest BCUT2D eigenvalue weighted by Gasteiger charge is 2.64. The standard InChI is InChI=1S/C14H22O4/c1-9(2)13(11(15)16)7-5-6-8-14(13,10(3)4)12(17)18/h5-6,9-10H,7-8H2,1-4H3,(H,15,16)(H,17,18)/t13-,14+. The first kappa shape index (κ1) is 14.7. The lowest BCUT2D eigenvalue weighted by atomic mass is 9.49. The van der Waals surface area contributed by atoms with Crippen LogP contribution < -0.4 is 0 Å². The molecule has 0 heterocycles. The maximum atomic E-state index is 11.8. The summed E-state index contributed by atoms with van der Waals surface area (Å²) < 4.78 is 0. The SMILES string of the molecule is CC(C)[C@@]1(C(=O)O)CC=CC[C@@]1(C(=O)O)C(C)C. The summed E-state index contributed by atoms with van der Waals surface area (Å²) in [4.78, 5) is 23.7. The van der Waals surface area contributed by atoms with E-state index in [1.807, 2.05) is 0 Å². The van der Waals surface area contributed by atoms with Crippen LogP contribution in [0, 0.1) is 22.7 Å². The minimum absolute atomic E-state index is 0.238. The summed E-state index contributed by atoms with van der Waals surface area (Å²) in [6, 6.07) is 0. The van der Waals surface area contributed by atoms with Gasteiger partial charge < -0.3 is 10.2 Å². The fourth-order valence-electron chi connectivity index (χ4n) is 3.45. The molecule has 0 radical (unpaired) electrons. The van der Waals surface area contributed by atoms with Crippen molar-refractivity contribution in [2.75, 3.05) is 0 Å². The number of carboxylic acid groups (broad SMARTS) is 2. The first-order chi connectivity index (χ1) is 8.23. The Morgan fingerprint density at radius 3 is 1.33 bits per heavy atom. The van der Waals surface area contributed by atoms with Gasteiger partial charge in [0.05, 0.1) is 10.8 Å². The van der Waals surface area contributed by atoms with E-state index in [1.165, 1.54) is 0 Å². The van der Waals surface area contributed by atoms with E-state index >= 15 is 0 Å². The number of hydrogen-bond donors (Lipinski definition) is 2. The molecule has 0 aromatic carbocycles. The van der Waals surface area contributed by atoms with Crippen LogP contribution in [0.15, 0.2) is 12.2 Å². The summed E-state index contributed by atoms with van der Waals surface area (Å²) >= 11 is 0. The van der Waals surface area contributed by atoms with Crippen molar-refractivity contribution in [2.45, 2.75) is 40.5 Å². The quantitative estimate of drug-likeness (QED) is 0.756. The van der Waals surface area contributed by atoms with Crippen LogP contribution in [-0.2, 0) is 9.59 Å². The van der Waals surface area contributed by atoms with Crippen LogP contribution in [-0.4, -0.2) is 22.2 Å². The topological polar surface area (TPSA) is 74.6 Å². The summed E-state index contributed by atoms with van der Waals surface area (Å²) in [5, 5.41) is 19.4. The summed E-state index contributed by atoms with van der Waals surface area (Å²) in [6.45, 7) is 7.20. The van der Waals surface area contributed by atoms with Crippen LogP contribution in [0.4, 0.5) is 0 Å². The average molecular weight is 254 g/mol. The molecule has 2 N–H and O–H groups in total. The van der Waals surface area contributed by atoms with E-state index in [0.29, 0.717) is 0 Å². The van der Waals surface area contributed by atoms with Gasteiger partial charge in [-0.1, -0.05) is 39.8 Å². The normalized spacial score (nSPS) is 31.9. The van der Waals surface area contributed by atoms with Crippen molar-refractivity contribution in [3.8, 4) is 0 Å².